The molecule has 0 saturated carbocycles. The number of allylic oxidation sites excluding steroid dienone is 1. The summed E-state index contributed by atoms with van der Waals surface area (Å²) in [5.74, 6) is 1.53. The summed E-state index contributed by atoms with van der Waals surface area (Å²) >= 11 is 0. The predicted molar refractivity (Wildman–Crippen MR) is 230 cm³/mol. The lowest BCUT2D eigenvalue weighted by molar-refractivity contribution is -0.0956. The highest BCUT2D eigenvalue weighted by Gasteiger charge is 2.49. The lowest BCUT2D eigenvalue weighted by Crippen LogP contribution is -2.62. The first-order valence-corrected chi connectivity index (χ1v) is 21.4. The van der Waals surface area contributed by atoms with Gasteiger partial charge in [0.15, 0.2) is 0 Å². The van der Waals surface area contributed by atoms with Gasteiger partial charge in [0.1, 0.15) is 6.10 Å². The molecule has 3 heteroatoms. The molecular weight excluding hydrogens is 633 g/mol. The molecule has 0 aliphatic carbocycles. The molecule has 3 nitrogen and oxygen atoms in total. The van der Waals surface area contributed by atoms with E-state index in [1.807, 2.05) is 0 Å². The number of hydrogen-bond acceptors (Lipinski definition) is 3. The van der Waals surface area contributed by atoms with Crippen LogP contribution in [0.25, 0.3) is 0 Å². The standard InChI is InChI=1S/C49H86N2O/c1-20-23-24-49(33-38-28-40(43(6,7)8)30-41(29-38)44(9,10)11,36(4)27-39-31-45(12,13)50(25-21-2)46(14,15)32-39)37(5)52-42-34-47(16,17)51(26-22-3)48(18,19)35-42/h28-30,39,42H,4-5,20-27,31-35H2,1-3,6-19H3. The molecule has 2 aliphatic heterocycles. The fraction of sp³-hybridized carbons (Fsp3) is 0.796. The van der Waals surface area contributed by atoms with E-state index in [1.54, 1.807) is 0 Å². The monoisotopic (exact) mass is 719 g/mol. The molecule has 1 atom stereocenters. The Morgan fingerprint density at radius 1 is 0.673 bits per heavy atom. The fourth-order valence-corrected chi connectivity index (χ4v) is 10.8. The van der Waals surface area contributed by atoms with Crippen molar-refractivity contribution in [3.63, 3.8) is 0 Å². The van der Waals surface area contributed by atoms with Crippen LogP contribution in [0.15, 0.2) is 42.7 Å². The summed E-state index contributed by atoms with van der Waals surface area (Å²) in [6, 6.07) is 7.46. The molecule has 0 N–H and O–H groups in total. The van der Waals surface area contributed by atoms with Crippen LogP contribution in [-0.4, -0.2) is 51.1 Å². The van der Waals surface area contributed by atoms with Crippen molar-refractivity contribution in [3.8, 4) is 0 Å². The summed E-state index contributed by atoms with van der Waals surface area (Å²) < 4.78 is 7.37. The van der Waals surface area contributed by atoms with Crippen molar-refractivity contribution < 1.29 is 4.74 Å². The molecule has 1 aromatic rings. The summed E-state index contributed by atoms with van der Waals surface area (Å²) in [5, 5.41) is 0. The van der Waals surface area contributed by atoms with E-state index in [9.17, 15) is 0 Å². The Kier molecular flexibility index (Phi) is 14.0. The largest absolute Gasteiger partial charge is 0.494 e. The maximum absolute atomic E-state index is 7.37. The summed E-state index contributed by atoms with van der Waals surface area (Å²) in [7, 11) is 0. The van der Waals surface area contributed by atoms with Crippen LogP contribution in [0.2, 0.25) is 0 Å². The van der Waals surface area contributed by atoms with Gasteiger partial charge >= 0.3 is 0 Å². The molecule has 52 heavy (non-hydrogen) atoms. The van der Waals surface area contributed by atoms with Crippen molar-refractivity contribution in [3.05, 3.63) is 59.4 Å². The third-order valence-electron chi connectivity index (χ3n) is 13.1. The molecule has 2 heterocycles. The smallest absolute Gasteiger partial charge is 0.102 e. The number of unbranched alkanes of at least 4 members (excludes halogenated alkanes) is 1. The maximum Gasteiger partial charge on any atom is 0.102 e. The fourth-order valence-electron chi connectivity index (χ4n) is 10.8. The van der Waals surface area contributed by atoms with E-state index >= 15 is 0 Å². The van der Waals surface area contributed by atoms with Crippen LogP contribution >= 0.6 is 0 Å². The summed E-state index contributed by atoms with van der Waals surface area (Å²) in [5.41, 5.74) is 5.73. The zero-order valence-corrected chi connectivity index (χ0v) is 37.8. The lowest BCUT2D eigenvalue weighted by atomic mass is 9.64. The van der Waals surface area contributed by atoms with Gasteiger partial charge in [0, 0.05) is 35.0 Å². The normalized spacial score (nSPS) is 22.6. The zero-order valence-electron chi connectivity index (χ0n) is 37.8. The number of likely N-dealkylation sites (tertiary alicyclic amines) is 2. The van der Waals surface area contributed by atoms with Crippen LogP contribution < -0.4 is 0 Å². The lowest BCUT2D eigenvalue weighted by Gasteiger charge is -2.56. The Morgan fingerprint density at radius 2 is 1.10 bits per heavy atom. The third kappa shape index (κ3) is 10.4. The summed E-state index contributed by atoms with van der Waals surface area (Å²) in [4.78, 5) is 5.51. The Hall–Kier alpha value is -1.58. The van der Waals surface area contributed by atoms with E-state index in [0.29, 0.717) is 5.92 Å². The zero-order chi connectivity index (χ0) is 39.7. The Labute approximate surface area is 324 Å². The number of ether oxygens (including phenoxy) is 1. The first-order chi connectivity index (χ1) is 23.6. The average molecular weight is 719 g/mol. The number of nitrogens with zero attached hydrogens (tertiary/aromatic N) is 2. The molecule has 0 aromatic heterocycles. The molecule has 2 aliphatic rings. The first-order valence-electron chi connectivity index (χ1n) is 21.4. The van der Waals surface area contributed by atoms with Crippen LogP contribution in [0.4, 0.5) is 0 Å². The topological polar surface area (TPSA) is 15.7 Å². The first kappa shape index (κ1) is 44.8. The van der Waals surface area contributed by atoms with Gasteiger partial charge in [-0.05, 0) is 147 Å². The minimum Gasteiger partial charge on any atom is -0.494 e. The second kappa shape index (κ2) is 16.3. The molecular formula is C49H86N2O. The van der Waals surface area contributed by atoms with Gasteiger partial charge in [-0.15, -0.1) is 0 Å². The molecule has 1 aromatic carbocycles. The van der Waals surface area contributed by atoms with Gasteiger partial charge < -0.3 is 4.74 Å². The molecule has 1 unspecified atom stereocenters. The van der Waals surface area contributed by atoms with Crippen LogP contribution in [0.1, 0.15) is 199 Å². The molecule has 0 amide bonds. The van der Waals surface area contributed by atoms with E-state index in [0.717, 1.165) is 63.8 Å². The summed E-state index contributed by atoms with van der Waals surface area (Å²) in [6.45, 7) is 53.0. The maximum atomic E-state index is 7.37. The van der Waals surface area contributed by atoms with Crippen molar-refractivity contribution in [2.45, 2.75) is 227 Å². The molecule has 2 saturated heterocycles. The van der Waals surface area contributed by atoms with Crippen molar-refractivity contribution in [1.82, 2.24) is 9.80 Å². The number of rotatable bonds is 15. The van der Waals surface area contributed by atoms with Gasteiger partial charge in [0.25, 0.3) is 0 Å². The van der Waals surface area contributed by atoms with Crippen molar-refractivity contribution in [2.24, 2.45) is 11.3 Å². The molecule has 0 spiro atoms. The predicted octanol–water partition coefficient (Wildman–Crippen LogP) is 13.6. The molecule has 0 radical (unpaired) electrons. The average Bonchev–Trinajstić information content (AvgIpc) is 2.97. The van der Waals surface area contributed by atoms with Crippen LogP contribution in [-0.2, 0) is 22.0 Å². The van der Waals surface area contributed by atoms with Gasteiger partial charge in [-0.2, -0.15) is 0 Å². The van der Waals surface area contributed by atoms with Crippen molar-refractivity contribution in [2.75, 3.05) is 13.1 Å². The number of piperidine rings is 2. The van der Waals surface area contributed by atoms with Crippen molar-refractivity contribution >= 4 is 0 Å². The van der Waals surface area contributed by atoms with Crippen LogP contribution in [0, 0.1) is 11.3 Å². The van der Waals surface area contributed by atoms with Crippen LogP contribution in [0.5, 0.6) is 0 Å². The van der Waals surface area contributed by atoms with Gasteiger partial charge in [-0.25, -0.2) is 0 Å². The quantitative estimate of drug-likeness (QED) is 0.133. The van der Waals surface area contributed by atoms with Crippen LogP contribution in [0.3, 0.4) is 0 Å². The molecule has 298 valence electrons. The van der Waals surface area contributed by atoms with Gasteiger partial charge in [-0.1, -0.05) is 112 Å². The van der Waals surface area contributed by atoms with Gasteiger partial charge in [0.05, 0.1) is 11.2 Å². The highest BCUT2D eigenvalue weighted by molar-refractivity contribution is 5.40. The molecule has 2 fully saturated rings. The number of benzene rings is 1. The second-order valence-electron chi connectivity index (χ2n) is 22.0. The minimum absolute atomic E-state index is 0.0536. The number of hydrogen-bond donors (Lipinski definition) is 0. The highest BCUT2D eigenvalue weighted by atomic mass is 16.5. The second-order valence-corrected chi connectivity index (χ2v) is 22.0. The highest BCUT2D eigenvalue weighted by Crippen LogP contribution is 2.51. The van der Waals surface area contributed by atoms with E-state index in [-0.39, 0.29) is 44.5 Å². The Morgan fingerprint density at radius 3 is 1.48 bits per heavy atom. The van der Waals surface area contributed by atoms with Crippen molar-refractivity contribution in [1.29, 1.82) is 0 Å². The Bertz CT molecular complexity index is 1230. The SMILES string of the molecule is C=C(CC1CC(C)(C)N(CCC)C(C)(C)C1)C(CCCC)(Cc1cc(C(C)(C)C)cc(C(C)(C)C)c1)C(=C)OC1CC(C)(C)N(CCC)C(C)(C)C1. The van der Waals surface area contributed by atoms with E-state index < -0.39 is 0 Å². The summed E-state index contributed by atoms with van der Waals surface area (Å²) in [6.07, 6.45) is 12.1. The third-order valence-corrected chi connectivity index (χ3v) is 13.1. The van der Waals surface area contributed by atoms with E-state index in [2.05, 4.69) is 146 Å². The van der Waals surface area contributed by atoms with E-state index in [4.69, 9.17) is 17.9 Å². The van der Waals surface area contributed by atoms with E-state index in [1.165, 1.54) is 47.9 Å². The van der Waals surface area contributed by atoms with Gasteiger partial charge in [0.2, 0.25) is 0 Å². The minimum atomic E-state index is -0.342. The molecule has 3 rings (SSSR count). The van der Waals surface area contributed by atoms with Gasteiger partial charge in [-0.3, -0.25) is 9.80 Å². The molecule has 0 bridgehead atoms. The Balaban J connectivity index is 2.16.